The van der Waals surface area contributed by atoms with Crippen LogP contribution < -0.4 is 4.74 Å². The number of carbonyl (C=O) groups excluding carboxylic acids is 1. The number of esters is 1. The van der Waals surface area contributed by atoms with Gasteiger partial charge in [0, 0.05) is 12.3 Å². The van der Waals surface area contributed by atoms with Gasteiger partial charge in [0.05, 0.1) is 18.2 Å². The van der Waals surface area contributed by atoms with Gasteiger partial charge in [0.1, 0.15) is 5.75 Å². The minimum atomic E-state index is -4.45. The van der Waals surface area contributed by atoms with Crippen LogP contribution in [-0.4, -0.2) is 18.1 Å². The van der Waals surface area contributed by atoms with Crippen LogP contribution in [-0.2, 0) is 10.9 Å². The van der Waals surface area contributed by atoms with Crippen LogP contribution in [0.25, 0.3) is 0 Å². The number of methoxy groups -OCH3 is 1. The van der Waals surface area contributed by atoms with Gasteiger partial charge < -0.3 is 9.47 Å². The number of pyridine rings is 1. The highest BCUT2D eigenvalue weighted by atomic mass is 19.4. The lowest BCUT2D eigenvalue weighted by Gasteiger charge is -2.08. The van der Waals surface area contributed by atoms with Crippen molar-refractivity contribution in [3.8, 4) is 11.6 Å². The maximum atomic E-state index is 12.4. The van der Waals surface area contributed by atoms with E-state index in [9.17, 15) is 18.0 Å². The number of halogens is 3. The third-order valence-electron chi connectivity index (χ3n) is 2.54. The summed E-state index contributed by atoms with van der Waals surface area (Å²) in [4.78, 5) is 14.9. The predicted molar refractivity (Wildman–Crippen MR) is 67.1 cm³/mol. The van der Waals surface area contributed by atoms with Crippen LogP contribution in [0.5, 0.6) is 11.6 Å². The molecule has 0 N–H and O–H groups in total. The molecule has 0 radical (unpaired) electrons. The van der Waals surface area contributed by atoms with Crippen LogP contribution in [0.2, 0.25) is 0 Å². The smallest absolute Gasteiger partial charge is 0.417 e. The maximum absolute atomic E-state index is 12.4. The van der Waals surface area contributed by atoms with Crippen LogP contribution in [0.3, 0.4) is 0 Å². The zero-order valence-corrected chi connectivity index (χ0v) is 10.8. The number of carbonyl (C=O) groups is 1. The molecule has 2 aromatic rings. The van der Waals surface area contributed by atoms with E-state index in [0.29, 0.717) is 6.20 Å². The topological polar surface area (TPSA) is 48.4 Å². The van der Waals surface area contributed by atoms with Gasteiger partial charge in [0.25, 0.3) is 0 Å². The molecule has 0 spiro atoms. The Hall–Kier alpha value is -2.57. The van der Waals surface area contributed by atoms with Gasteiger partial charge >= 0.3 is 12.1 Å². The van der Waals surface area contributed by atoms with E-state index in [4.69, 9.17) is 4.74 Å². The van der Waals surface area contributed by atoms with Crippen molar-refractivity contribution in [1.82, 2.24) is 4.98 Å². The van der Waals surface area contributed by atoms with E-state index in [1.165, 1.54) is 19.2 Å². The fourth-order valence-electron chi connectivity index (χ4n) is 1.53. The third kappa shape index (κ3) is 3.71. The third-order valence-corrected chi connectivity index (χ3v) is 2.54. The minimum absolute atomic E-state index is 0.00924. The van der Waals surface area contributed by atoms with Gasteiger partial charge in [0.15, 0.2) is 0 Å². The number of rotatable bonds is 3. The molecule has 0 atom stereocenters. The molecule has 1 heterocycles. The fraction of sp³-hybridized carbons (Fsp3) is 0.143. The van der Waals surface area contributed by atoms with Crippen LogP contribution in [0, 0.1) is 0 Å². The molecular weight excluding hydrogens is 287 g/mol. The Bertz CT molecular complexity index is 639. The molecule has 4 nitrogen and oxygen atoms in total. The van der Waals surface area contributed by atoms with Crippen molar-refractivity contribution in [2.24, 2.45) is 0 Å². The first-order valence-corrected chi connectivity index (χ1v) is 5.79. The summed E-state index contributed by atoms with van der Waals surface area (Å²) in [5, 5.41) is 0. The summed E-state index contributed by atoms with van der Waals surface area (Å²) in [5.41, 5.74) is -0.597. The van der Waals surface area contributed by atoms with E-state index >= 15 is 0 Å². The average molecular weight is 297 g/mol. The Balaban J connectivity index is 2.17. The van der Waals surface area contributed by atoms with Gasteiger partial charge in [-0.15, -0.1) is 0 Å². The molecule has 0 saturated heterocycles. The standard InChI is InChI=1S/C14H10F3NO3/c1-20-13(19)9-3-2-4-11(7-9)21-12-6-5-10(8-18-12)14(15,16)17/h2-8H,1H3. The van der Waals surface area contributed by atoms with Gasteiger partial charge in [-0.1, -0.05) is 6.07 Å². The van der Waals surface area contributed by atoms with Crippen molar-refractivity contribution in [2.45, 2.75) is 6.18 Å². The lowest BCUT2D eigenvalue weighted by Crippen LogP contribution is -2.05. The number of aromatic nitrogens is 1. The molecule has 1 aromatic heterocycles. The molecule has 0 unspecified atom stereocenters. The SMILES string of the molecule is COC(=O)c1cccc(Oc2ccc(C(F)(F)F)cn2)c1. The predicted octanol–water partition coefficient (Wildman–Crippen LogP) is 3.68. The van der Waals surface area contributed by atoms with Gasteiger partial charge in [0.2, 0.25) is 5.88 Å². The second kappa shape index (κ2) is 5.82. The Morgan fingerprint density at radius 3 is 2.52 bits per heavy atom. The number of hydrogen-bond donors (Lipinski definition) is 0. The van der Waals surface area contributed by atoms with E-state index in [-0.39, 0.29) is 17.2 Å². The van der Waals surface area contributed by atoms with Crippen molar-refractivity contribution < 1.29 is 27.4 Å². The van der Waals surface area contributed by atoms with Gasteiger partial charge in [-0.05, 0) is 24.3 Å². The molecule has 0 fully saturated rings. The molecule has 0 amide bonds. The number of ether oxygens (including phenoxy) is 2. The van der Waals surface area contributed by atoms with Gasteiger partial charge in [-0.3, -0.25) is 0 Å². The quantitative estimate of drug-likeness (QED) is 0.811. The molecule has 1 aromatic carbocycles. The maximum Gasteiger partial charge on any atom is 0.417 e. The summed E-state index contributed by atoms with van der Waals surface area (Å²) in [6.45, 7) is 0. The molecule has 0 aliphatic heterocycles. The Labute approximate surface area is 118 Å². The molecule has 0 aliphatic carbocycles. The summed E-state index contributed by atoms with van der Waals surface area (Å²) in [7, 11) is 1.24. The van der Waals surface area contributed by atoms with E-state index in [1.54, 1.807) is 12.1 Å². The zero-order valence-electron chi connectivity index (χ0n) is 10.8. The van der Waals surface area contributed by atoms with Crippen LogP contribution >= 0.6 is 0 Å². The first kappa shape index (κ1) is 14.8. The summed E-state index contributed by atoms with van der Waals surface area (Å²) >= 11 is 0. The highest BCUT2D eigenvalue weighted by Gasteiger charge is 2.30. The zero-order chi connectivity index (χ0) is 15.5. The molecule has 0 saturated carbocycles. The number of benzene rings is 1. The number of alkyl halides is 3. The lowest BCUT2D eigenvalue weighted by molar-refractivity contribution is -0.137. The molecule has 0 aliphatic rings. The van der Waals surface area contributed by atoms with Crippen molar-refractivity contribution in [2.75, 3.05) is 7.11 Å². The van der Waals surface area contributed by atoms with Crippen LogP contribution in [0.15, 0.2) is 42.6 Å². The van der Waals surface area contributed by atoms with Crippen molar-refractivity contribution in [1.29, 1.82) is 0 Å². The molecule has 110 valence electrons. The van der Waals surface area contributed by atoms with Crippen molar-refractivity contribution >= 4 is 5.97 Å². The molecule has 21 heavy (non-hydrogen) atoms. The van der Waals surface area contributed by atoms with Crippen molar-refractivity contribution in [3.63, 3.8) is 0 Å². The minimum Gasteiger partial charge on any atom is -0.465 e. The number of hydrogen-bond acceptors (Lipinski definition) is 4. The normalized spacial score (nSPS) is 11.0. The second-order valence-electron chi connectivity index (χ2n) is 4.00. The lowest BCUT2D eigenvalue weighted by atomic mass is 10.2. The largest absolute Gasteiger partial charge is 0.465 e. The van der Waals surface area contributed by atoms with Gasteiger partial charge in [-0.25, -0.2) is 9.78 Å². The van der Waals surface area contributed by atoms with E-state index in [1.807, 2.05) is 0 Å². The summed E-state index contributed by atoms with van der Waals surface area (Å²) in [6, 6.07) is 8.02. The Kier molecular flexibility index (Phi) is 4.11. The molecule has 0 bridgehead atoms. The molecule has 7 heteroatoms. The first-order chi connectivity index (χ1) is 9.90. The van der Waals surface area contributed by atoms with E-state index in [0.717, 1.165) is 12.1 Å². The van der Waals surface area contributed by atoms with Crippen molar-refractivity contribution in [3.05, 3.63) is 53.7 Å². The highest BCUT2D eigenvalue weighted by molar-refractivity contribution is 5.89. The monoisotopic (exact) mass is 297 g/mol. The summed E-state index contributed by atoms with van der Waals surface area (Å²) in [6.07, 6.45) is -3.77. The Morgan fingerprint density at radius 1 is 1.19 bits per heavy atom. The molecule has 2 rings (SSSR count). The number of nitrogens with zero attached hydrogens (tertiary/aromatic N) is 1. The summed E-state index contributed by atoms with van der Waals surface area (Å²) < 4.78 is 47.0. The fourth-order valence-corrected chi connectivity index (χ4v) is 1.53. The van der Waals surface area contributed by atoms with E-state index < -0.39 is 17.7 Å². The molecular formula is C14H10F3NO3. The van der Waals surface area contributed by atoms with Crippen LogP contribution in [0.4, 0.5) is 13.2 Å². The highest BCUT2D eigenvalue weighted by Crippen LogP contribution is 2.30. The summed E-state index contributed by atoms with van der Waals surface area (Å²) in [5.74, 6) is -0.281. The first-order valence-electron chi connectivity index (χ1n) is 5.79. The second-order valence-corrected chi connectivity index (χ2v) is 4.00. The Morgan fingerprint density at radius 2 is 1.95 bits per heavy atom. The van der Waals surface area contributed by atoms with E-state index in [2.05, 4.69) is 9.72 Å². The van der Waals surface area contributed by atoms with Gasteiger partial charge in [-0.2, -0.15) is 13.2 Å². The van der Waals surface area contributed by atoms with Crippen LogP contribution in [0.1, 0.15) is 15.9 Å². The average Bonchev–Trinajstić information content (AvgIpc) is 2.46.